The third-order valence-corrected chi connectivity index (χ3v) is 7.10. The Morgan fingerprint density at radius 3 is 2.42 bits per heavy atom. The van der Waals surface area contributed by atoms with Crippen LogP contribution in [0.2, 0.25) is 0 Å². The van der Waals surface area contributed by atoms with E-state index < -0.39 is 10.0 Å². The number of piperazine rings is 1. The third kappa shape index (κ3) is 3.14. The van der Waals surface area contributed by atoms with Gasteiger partial charge in [0.1, 0.15) is 0 Å². The van der Waals surface area contributed by atoms with Crippen LogP contribution in [0.15, 0.2) is 47.6 Å². The molecule has 2 aliphatic rings. The number of rotatable bonds is 4. The van der Waals surface area contributed by atoms with E-state index in [1.54, 1.807) is 39.9 Å². The predicted octanol–water partition coefficient (Wildman–Crippen LogP) is 1.06. The van der Waals surface area contributed by atoms with Gasteiger partial charge in [-0.15, -0.1) is 0 Å². The van der Waals surface area contributed by atoms with Crippen LogP contribution >= 0.6 is 0 Å². The van der Waals surface area contributed by atoms with Crippen LogP contribution in [-0.2, 0) is 21.9 Å². The van der Waals surface area contributed by atoms with E-state index in [0.29, 0.717) is 31.1 Å². The van der Waals surface area contributed by atoms with Gasteiger partial charge in [-0.05, 0) is 30.0 Å². The Morgan fingerprint density at radius 1 is 1.12 bits per heavy atom. The van der Waals surface area contributed by atoms with Crippen LogP contribution in [0.25, 0.3) is 0 Å². The van der Waals surface area contributed by atoms with Crippen molar-refractivity contribution >= 4 is 15.9 Å². The van der Waals surface area contributed by atoms with Gasteiger partial charge in [0.25, 0.3) is 0 Å². The Hall–Kier alpha value is -2.19. The average Bonchev–Trinajstić information content (AvgIpc) is 3.35. The molecule has 1 aliphatic heterocycles. The number of benzene rings is 1. The lowest BCUT2D eigenvalue weighted by atomic mass is 10.2. The summed E-state index contributed by atoms with van der Waals surface area (Å²) in [5, 5.41) is 4.17. The zero-order valence-electron chi connectivity index (χ0n) is 14.7. The summed E-state index contributed by atoms with van der Waals surface area (Å²) in [6.07, 6.45) is 4.64. The Labute approximate surface area is 153 Å². The second kappa shape index (κ2) is 6.51. The SMILES string of the molecule is Cn1cc([C@@H]2C[C@@H]2C(=O)N2CCN(S(=O)(=O)c3ccccc3)CC2)cn1. The average molecular weight is 374 g/mol. The molecule has 2 fully saturated rings. The van der Waals surface area contributed by atoms with Crippen LogP contribution in [0.3, 0.4) is 0 Å². The first-order valence-electron chi connectivity index (χ1n) is 8.79. The summed E-state index contributed by atoms with van der Waals surface area (Å²) in [6, 6.07) is 8.45. The van der Waals surface area contributed by atoms with Crippen molar-refractivity contribution in [2.45, 2.75) is 17.2 Å². The summed E-state index contributed by atoms with van der Waals surface area (Å²) in [5.41, 5.74) is 1.11. The molecule has 1 aromatic heterocycles. The maximum Gasteiger partial charge on any atom is 0.243 e. The summed E-state index contributed by atoms with van der Waals surface area (Å²) in [4.78, 5) is 14.8. The van der Waals surface area contributed by atoms with Crippen molar-refractivity contribution in [1.82, 2.24) is 19.0 Å². The lowest BCUT2D eigenvalue weighted by molar-refractivity contribution is -0.133. The van der Waals surface area contributed by atoms with Crippen molar-refractivity contribution in [2.75, 3.05) is 26.2 Å². The molecule has 0 N–H and O–H groups in total. The fraction of sp³-hybridized carbons (Fsp3) is 0.444. The van der Waals surface area contributed by atoms with Crippen LogP contribution < -0.4 is 0 Å². The van der Waals surface area contributed by atoms with E-state index in [4.69, 9.17) is 0 Å². The Kier molecular flexibility index (Phi) is 4.32. The number of hydrogen-bond acceptors (Lipinski definition) is 4. The molecule has 0 bridgehead atoms. The van der Waals surface area contributed by atoms with Gasteiger partial charge in [-0.25, -0.2) is 8.42 Å². The van der Waals surface area contributed by atoms with E-state index in [9.17, 15) is 13.2 Å². The number of carbonyl (C=O) groups excluding carboxylic acids is 1. The fourth-order valence-electron chi connectivity index (χ4n) is 3.59. The first kappa shape index (κ1) is 17.2. The van der Waals surface area contributed by atoms with Crippen molar-refractivity contribution in [3.63, 3.8) is 0 Å². The summed E-state index contributed by atoms with van der Waals surface area (Å²) >= 11 is 0. The lowest BCUT2D eigenvalue weighted by Crippen LogP contribution is -2.51. The molecule has 26 heavy (non-hydrogen) atoms. The molecule has 1 saturated carbocycles. The van der Waals surface area contributed by atoms with E-state index in [0.717, 1.165) is 12.0 Å². The second-order valence-corrected chi connectivity index (χ2v) is 8.88. The zero-order chi connectivity index (χ0) is 18.3. The van der Waals surface area contributed by atoms with Crippen molar-refractivity contribution in [3.05, 3.63) is 48.3 Å². The number of carbonyl (C=O) groups is 1. The van der Waals surface area contributed by atoms with Gasteiger partial charge in [0, 0.05) is 45.3 Å². The maximum absolute atomic E-state index is 12.7. The van der Waals surface area contributed by atoms with Gasteiger partial charge in [0.2, 0.25) is 15.9 Å². The highest BCUT2D eigenvalue weighted by atomic mass is 32.2. The molecule has 0 radical (unpaired) electrons. The van der Waals surface area contributed by atoms with Crippen LogP contribution in [0.1, 0.15) is 17.9 Å². The number of amides is 1. The molecule has 1 aromatic carbocycles. The van der Waals surface area contributed by atoms with Gasteiger partial charge in [-0.2, -0.15) is 9.40 Å². The van der Waals surface area contributed by atoms with Crippen molar-refractivity contribution in [1.29, 1.82) is 0 Å². The van der Waals surface area contributed by atoms with Gasteiger partial charge in [-0.3, -0.25) is 9.48 Å². The fourth-order valence-corrected chi connectivity index (χ4v) is 5.04. The molecule has 1 aliphatic carbocycles. The van der Waals surface area contributed by atoms with Crippen LogP contribution in [-0.4, -0.2) is 59.5 Å². The molecule has 1 saturated heterocycles. The predicted molar refractivity (Wildman–Crippen MR) is 95.8 cm³/mol. The highest BCUT2D eigenvalue weighted by Gasteiger charge is 2.47. The van der Waals surface area contributed by atoms with Crippen molar-refractivity contribution < 1.29 is 13.2 Å². The van der Waals surface area contributed by atoms with Crippen molar-refractivity contribution in [2.24, 2.45) is 13.0 Å². The van der Waals surface area contributed by atoms with Crippen LogP contribution in [0.4, 0.5) is 0 Å². The van der Waals surface area contributed by atoms with E-state index in [2.05, 4.69) is 5.10 Å². The molecule has 1 amide bonds. The molecule has 2 atom stereocenters. The first-order chi connectivity index (χ1) is 12.5. The minimum Gasteiger partial charge on any atom is -0.340 e. The smallest absolute Gasteiger partial charge is 0.243 e. The maximum atomic E-state index is 12.7. The number of hydrogen-bond donors (Lipinski definition) is 0. The van der Waals surface area contributed by atoms with Gasteiger partial charge >= 0.3 is 0 Å². The van der Waals surface area contributed by atoms with Crippen LogP contribution in [0.5, 0.6) is 0 Å². The Balaban J connectivity index is 1.36. The number of sulfonamides is 1. The van der Waals surface area contributed by atoms with Crippen molar-refractivity contribution in [3.8, 4) is 0 Å². The van der Waals surface area contributed by atoms with E-state index in [-0.39, 0.29) is 17.7 Å². The summed E-state index contributed by atoms with van der Waals surface area (Å²) in [7, 11) is -1.61. The molecule has 7 nitrogen and oxygen atoms in total. The van der Waals surface area contributed by atoms with Gasteiger partial charge in [-0.1, -0.05) is 18.2 Å². The van der Waals surface area contributed by atoms with Gasteiger partial charge in [0.15, 0.2) is 0 Å². The summed E-state index contributed by atoms with van der Waals surface area (Å²) < 4.78 is 28.5. The molecule has 4 rings (SSSR count). The quantitative estimate of drug-likeness (QED) is 0.802. The van der Waals surface area contributed by atoms with Crippen LogP contribution in [0, 0.1) is 5.92 Å². The number of aromatic nitrogens is 2. The van der Waals surface area contributed by atoms with Gasteiger partial charge < -0.3 is 4.90 Å². The molecule has 0 spiro atoms. The zero-order valence-corrected chi connectivity index (χ0v) is 15.5. The van der Waals surface area contributed by atoms with E-state index in [1.165, 1.54) is 4.31 Å². The molecule has 8 heteroatoms. The normalized spacial score (nSPS) is 23.8. The number of aryl methyl sites for hydroxylation is 1. The molecule has 0 unspecified atom stereocenters. The lowest BCUT2D eigenvalue weighted by Gasteiger charge is -2.34. The molecule has 2 heterocycles. The van der Waals surface area contributed by atoms with Gasteiger partial charge in [0.05, 0.1) is 11.1 Å². The molecule has 2 aromatic rings. The molecular formula is C18H22N4O3S. The largest absolute Gasteiger partial charge is 0.340 e. The number of nitrogens with zero attached hydrogens (tertiary/aromatic N) is 4. The third-order valence-electron chi connectivity index (χ3n) is 5.19. The van der Waals surface area contributed by atoms with E-state index >= 15 is 0 Å². The minimum absolute atomic E-state index is 0.0106. The first-order valence-corrected chi connectivity index (χ1v) is 10.2. The highest BCUT2D eigenvalue weighted by molar-refractivity contribution is 7.89. The minimum atomic E-state index is -3.48. The molecular weight excluding hydrogens is 352 g/mol. The summed E-state index contributed by atoms with van der Waals surface area (Å²) in [5.74, 6) is 0.398. The highest BCUT2D eigenvalue weighted by Crippen LogP contribution is 2.48. The Bertz CT molecular complexity index is 902. The topological polar surface area (TPSA) is 75.5 Å². The second-order valence-electron chi connectivity index (χ2n) is 6.94. The molecule has 138 valence electrons. The Morgan fingerprint density at radius 2 is 1.81 bits per heavy atom. The monoisotopic (exact) mass is 374 g/mol. The van der Waals surface area contributed by atoms with E-state index in [1.807, 2.05) is 19.4 Å². The standard InChI is InChI=1S/C18H22N4O3S/c1-20-13-14(12-19-20)16-11-17(16)18(23)21-7-9-22(10-8-21)26(24,25)15-5-3-2-4-6-15/h2-6,12-13,16-17H,7-11H2,1H3/t16-,17-/m0/s1. The summed E-state index contributed by atoms with van der Waals surface area (Å²) in [6.45, 7) is 1.57.